The molecule has 5 heterocycles. The quantitative estimate of drug-likeness (QED) is 0.135. The van der Waals surface area contributed by atoms with Crippen molar-refractivity contribution in [3.05, 3.63) is 343 Å². The molecule has 0 bridgehead atoms. The van der Waals surface area contributed by atoms with Crippen LogP contribution in [0.1, 0.15) is 135 Å². The molecule has 20 rings (SSSR count). The zero-order valence-corrected chi connectivity index (χ0v) is 64.2. The molecule has 0 spiro atoms. The second-order valence-electron chi connectivity index (χ2n) is 33.6. The predicted molar refractivity (Wildman–Crippen MR) is 478 cm³/mol. The third-order valence-corrected chi connectivity index (χ3v) is 22.5. The van der Waals surface area contributed by atoms with Crippen LogP contribution in [-0.2, 0) is 21.7 Å². The first-order chi connectivity index (χ1) is 63.3. The molecule has 2 aliphatic rings. The number of hydrogen-bond acceptors (Lipinski definition) is 3. The second kappa shape index (κ2) is 25.5. The number of furan rings is 1. The van der Waals surface area contributed by atoms with Gasteiger partial charge < -0.3 is 23.4 Å². The lowest BCUT2D eigenvalue weighted by atomic mass is 9.33. The van der Waals surface area contributed by atoms with Crippen molar-refractivity contribution in [1.29, 1.82) is 0 Å². The number of para-hydroxylation sites is 7. The maximum Gasteiger partial charge on any atom is 0.252 e. The van der Waals surface area contributed by atoms with Crippen molar-refractivity contribution in [1.82, 2.24) is 9.13 Å². The zero-order valence-electron chi connectivity index (χ0n) is 86.2. The molecule has 0 amide bonds. The van der Waals surface area contributed by atoms with E-state index in [1.165, 1.54) is 0 Å². The summed E-state index contributed by atoms with van der Waals surface area (Å²) in [5.74, 6) is 0. The Bertz CT molecular complexity index is 7510. The summed E-state index contributed by atoms with van der Waals surface area (Å²) in [6, 6.07) is 45.5. The molecular weight excluding hydrogens is 1360 g/mol. The van der Waals surface area contributed by atoms with Crippen LogP contribution >= 0.6 is 0 Å². The fraction of sp³-hybridized carbons (Fsp3) is 0.151. The van der Waals surface area contributed by atoms with Crippen LogP contribution in [0.3, 0.4) is 0 Å². The SMILES string of the molecule is [2H]c1c([2H])c(-n2c3c([2H])c([2H])c([2H])c([2H])c3c3c([2H])c([2H])c([2H])c([2H])c32)c([2H])c2c1B1c3c(cc(-c4ccc5oc6ccccc6c5c4)cc3N(c3c(-c4ccc(C(C)(C)C)cc4)cccc3-c3ccc(C(C)(C)C)cc3)c3c([2H])c(-n4c5c([2H])c([2H])c([2H])c([2H])c5c5c([2H])c([2H])c([2H])c([2H])c54)c([2H])c([2H])c31)N2c1c(-c2ccc(C(C)(C)C)cc2)cccc1-c1ccc(C(C)(C)C)cc1. The second-order valence-corrected chi connectivity index (χ2v) is 33.6. The summed E-state index contributed by atoms with van der Waals surface area (Å²) in [6.45, 7) is 23.6. The molecule has 0 saturated heterocycles. The van der Waals surface area contributed by atoms with Gasteiger partial charge in [-0.25, -0.2) is 0 Å². The molecule has 0 N–H and O–H groups in total. The van der Waals surface area contributed by atoms with Crippen molar-refractivity contribution in [2.24, 2.45) is 0 Å². The maximum atomic E-state index is 12.0. The van der Waals surface area contributed by atoms with Gasteiger partial charge in [-0.3, -0.25) is 0 Å². The third-order valence-electron chi connectivity index (χ3n) is 22.5. The molecule has 3 aromatic heterocycles. The Hall–Kier alpha value is -12.6. The van der Waals surface area contributed by atoms with Gasteiger partial charge in [0.25, 0.3) is 6.71 Å². The van der Waals surface area contributed by atoms with Gasteiger partial charge in [0, 0.05) is 88.7 Å². The minimum atomic E-state index is -1.71. The van der Waals surface area contributed by atoms with Crippen molar-refractivity contribution in [2.45, 2.75) is 105 Å². The van der Waals surface area contributed by atoms with E-state index in [0.29, 0.717) is 83.6 Å². The molecule has 2 aliphatic heterocycles. The van der Waals surface area contributed by atoms with E-state index in [2.05, 4.69) is 132 Å². The zero-order chi connectivity index (χ0) is 95.6. The van der Waals surface area contributed by atoms with Crippen LogP contribution in [0.15, 0.2) is 325 Å². The number of anilines is 6. The van der Waals surface area contributed by atoms with Crippen LogP contribution in [0, 0.1) is 0 Å². The average Bonchev–Trinajstić information content (AvgIpc) is 0.775. The molecule has 0 unspecified atom stereocenters. The predicted octanol–water partition coefficient (Wildman–Crippen LogP) is 27.4. The first kappa shape index (κ1) is 48.8. The van der Waals surface area contributed by atoms with Gasteiger partial charge in [-0.15, -0.1) is 0 Å². The van der Waals surface area contributed by atoms with Crippen LogP contribution in [0.25, 0.3) is 133 Å². The Balaban J connectivity index is 1.06. The van der Waals surface area contributed by atoms with E-state index >= 15 is 0 Å². The Morgan fingerprint density at radius 1 is 0.286 bits per heavy atom. The van der Waals surface area contributed by atoms with E-state index in [1.54, 1.807) is 0 Å². The van der Waals surface area contributed by atoms with E-state index in [1.807, 2.05) is 149 Å². The topological polar surface area (TPSA) is 29.5 Å². The molecule has 0 saturated carbocycles. The molecule has 0 atom stereocenters. The van der Waals surface area contributed by atoms with Crippen LogP contribution in [0.4, 0.5) is 34.1 Å². The lowest BCUT2D eigenvalue weighted by Gasteiger charge is -2.46. The molecule has 18 aromatic rings. The highest BCUT2D eigenvalue weighted by molar-refractivity contribution is 7.00. The number of hydrogen-bond donors (Lipinski definition) is 0. The highest BCUT2D eigenvalue weighted by Gasteiger charge is 2.46. The number of rotatable bonds is 9. The molecule has 0 radical (unpaired) electrons. The minimum absolute atomic E-state index is 0.182. The minimum Gasteiger partial charge on any atom is -0.456 e. The Morgan fingerprint density at radius 3 is 0.973 bits per heavy atom. The van der Waals surface area contributed by atoms with E-state index in [0.717, 1.165) is 36.8 Å². The fourth-order valence-electron chi connectivity index (χ4n) is 16.7. The summed E-state index contributed by atoms with van der Waals surface area (Å²) in [5.41, 5.74) is 7.42. The smallest absolute Gasteiger partial charge is 0.252 e. The van der Waals surface area contributed by atoms with Crippen LogP contribution in [0.2, 0.25) is 0 Å². The molecule has 5 nitrogen and oxygen atoms in total. The van der Waals surface area contributed by atoms with Gasteiger partial charge in [-0.2, -0.15) is 0 Å². The summed E-state index contributed by atoms with van der Waals surface area (Å²) in [6.07, 6.45) is 0. The van der Waals surface area contributed by atoms with Crippen molar-refractivity contribution in [2.75, 3.05) is 9.80 Å². The molecule has 0 fully saturated rings. The first-order valence-electron chi connectivity index (χ1n) is 49.0. The summed E-state index contributed by atoms with van der Waals surface area (Å²) in [5, 5.41) is 0.0307. The van der Waals surface area contributed by atoms with Crippen molar-refractivity contribution in [3.8, 4) is 67.0 Å². The van der Waals surface area contributed by atoms with E-state index in [4.69, 9.17) is 4.42 Å². The van der Waals surface area contributed by atoms with Gasteiger partial charge in [0.15, 0.2) is 0 Å². The van der Waals surface area contributed by atoms with Gasteiger partial charge in [0.05, 0.1) is 63.6 Å². The molecule has 6 heteroatoms. The molecule has 542 valence electrons. The number of nitrogens with zero attached hydrogens (tertiary/aromatic N) is 4. The molecule has 112 heavy (non-hydrogen) atoms. The fourth-order valence-corrected chi connectivity index (χ4v) is 16.7. The Kier molecular flexibility index (Phi) is 11.1. The summed E-state index contributed by atoms with van der Waals surface area (Å²) in [7, 11) is 0. The number of fused-ring (bicyclic) bond motifs is 13. The van der Waals surface area contributed by atoms with Crippen LogP contribution < -0.4 is 26.2 Å². The molecule has 15 aromatic carbocycles. The molecule has 0 aliphatic carbocycles. The van der Waals surface area contributed by atoms with Crippen LogP contribution in [-0.4, -0.2) is 15.8 Å². The van der Waals surface area contributed by atoms with Crippen molar-refractivity contribution >= 4 is 123 Å². The Labute approximate surface area is 688 Å². The maximum absolute atomic E-state index is 12.0. The third kappa shape index (κ3) is 11.1. The normalized spacial score (nSPS) is 15.9. The summed E-state index contributed by atoms with van der Waals surface area (Å²) in [4.78, 5) is 3.77. The standard InChI is InChI=1S/C106H89BN4O/c1-103(2,3)72-48-39-66(40-49-72)78-30-23-31-79(67-41-50-73(51-42-67)104(4,5)6)101(78)110-94-64-76(108-90-34-18-13-25-82(90)83-26-14-19-35-91(83)108)56-58-88(94)107-89-59-57-77(109-92-36-20-15-27-84(92)85-28-16-21-37-93(85)109)65-95(89)111(97-63-71(62-96(110)100(97)107)70-47-60-99-87(61-70)86-29-17-22-38-98(86)112-99)102-80(68-43-52-74(53-44-68)105(7,8)9)32-24-33-81(102)69-45-54-75(55-46-69)106(10,11)12/h13-65H,1-12H3/i13D,14D,15D,16D,18D,19D,20D,21D,25D,26D,27D,28D,34D,35D,36D,37D,56D,57D,58D,59D,64D,65D. The molecular formula is C106H89BN4O. The van der Waals surface area contributed by atoms with E-state index < -0.39 is 173 Å². The number of aromatic nitrogens is 2. The highest BCUT2D eigenvalue weighted by atomic mass is 16.3. The summed E-state index contributed by atoms with van der Waals surface area (Å²) >= 11 is 0. The number of benzene rings is 15. The van der Waals surface area contributed by atoms with Gasteiger partial charge in [-0.05, 0) is 172 Å². The van der Waals surface area contributed by atoms with Crippen molar-refractivity contribution < 1.29 is 34.6 Å². The first-order valence-corrected chi connectivity index (χ1v) is 38.0. The van der Waals surface area contributed by atoms with Gasteiger partial charge in [0.1, 0.15) is 11.2 Å². The van der Waals surface area contributed by atoms with Gasteiger partial charge in [-0.1, -0.05) is 325 Å². The van der Waals surface area contributed by atoms with Crippen LogP contribution in [0.5, 0.6) is 0 Å². The monoisotopic (exact) mass is 1470 g/mol. The lowest BCUT2D eigenvalue weighted by Crippen LogP contribution is -2.61. The Morgan fingerprint density at radius 2 is 0.616 bits per heavy atom. The highest BCUT2D eigenvalue weighted by Crippen LogP contribution is 2.55. The van der Waals surface area contributed by atoms with Crippen molar-refractivity contribution in [3.63, 3.8) is 0 Å². The average molecular weight is 1470 g/mol. The van der Waals surface area contributed by atoms with Gasteiger partial charge >= 0.3 is 0 Å². The lowest BCUT2D eigenvalue weighted by molar-refractivity contribution is 0.590. The van der Waals surface area contributed by atoms with Gasteiger partial charge in [0.2, 0.25) is 0 Å². The van der Waals surface area contributed by atoms with E-state index in [-0.39, 0.29) is 82.3 Å². The van der Waals surface area contributed by atoms with E-state index in [9.17, 15) is 30.2 Å². The summed E-state index contributed by atoms with van der Waals surface area (Å²) < 4.78 is 232. The largest absolute Gasteiger partial charge is 0.456 e.